The lowest BCUT2D eigenvalue weighted by atomic mass is 10.2. The molecule has 0 saturated carbocycles. The van der Waals surface area contributed by atoms with Crippen molar-refractivity contribution in [3.05, 3.63) is 66.6 Å². The number of methoxy groups -OCH3 is 1. The van der Waals surface area contributed by atoms with Crippen molar-refractivity contribution in [2.24, 2.45) is 0 Å². The fourth-order valence-electron chi connectivity index (χ4n) is 2.92. The van der Waals surface area contributed by atoms with Gasteiger partial charge in [-0.1, -0.05) is 12.1 Å². The summed E-state index contributed by atoms with van der Waals surface area (Å²) in [5, 5.41) is 10.9. The van der Waals surface area contributed by atoms with E-state index in [0.717, 1.165) is 0 Å². The molecular weight excluding hydrogens is 410 g/mol. The molecule has 3 aromatic heterocycles. The predicted octanol–water partition coefficient (Wildman–Crippen LogP) is 3.76. The summed E-state index contributed by atoms with van der Waals surface area (Å²) in [4.78, 5) is 25.4. The predicted molar refractivity (Wildman–Crippen MR) is 117 cm³/mol. The maximum atomic E-state index is 12.8. The number of amides is 1. The number of carbonyl (C=O) groups is 1. The van der Waals surface area contributed by atoms with Gasteiger partial charge < -0.3 is 19.4 Å². The maximum Gasteiger partial charge on any atom is 0.319 e. The molecule has 32 heavy (non-hydrogen) atoms. The quantitative estimate of drug-likeness (QED) is 0.470. The van der Waals surface area contributed by atoms with Crippen molar-refractivity contribution in [1.29, 1.82) is 0 Å². The minimum absolute atomic E-state index is 0.178. The van der Waals surface area contributed by atoms with Gasteiger partial charge in [0, 0.05) is 23.9 Å². The van der Waals surface area contributed by atoms with Crippen LogP contribution in [0.3, 0.4) is 0 Å². The summed E-state index contributed by atoms with van der Waals surface area (Å²) in [6, 6.07) is 14.0. The largest absolute Gasteiger partial charge is 0.467 e. The molecular formula is C22H21N7O3. The van der Waals surface area contributed by atoms with Crippen LogP contribution in [0.15, 0.2) is 61.1 Å². The molecule has 0 bridgehead atoms. The third-order valence-electron chi connectivity index (χ3n) is 4.46. The van der Waals surface area contributed by atoms with Gasteiger partial charge in [0.2, 0.25) is 5.88 Å². The third kappa shape index (κ3) is 4.69. The van der Waals surface area contributed by atoms with Gasteiger partial charge in [-0.2, -0.15) is 4.98 Å². The average molecular weight is 431 g/mol. The fraction of sp³-hybridized carbons (Fsp3) is 0.182. The number of carbonyl (C=O) groups excluding carboxylic acids is 1. The summed E-state index contributed by atoms with van der Waals surface area (Å²) >= 11 is 0. The van der Waals surface area contributed by atoms with Gasteiger partial charge in [-0.25, -0.2) is 9.97 Å². The summed E-state index contributed by atoms with van der Waals surface area (Å²) in [5.41, 5.74) is 1.02. The number of hydrogen-bond donors (Lipinski definition) is 1. The number of benzene rings is 1. The summed E-state index contributed by atoms with van der Waals surface area (Å²) in [6.07, 6.45) is 3.18. The highest BCUT2D eigenvalue weighted by Gasteiger charge is 2.14. The van der Waals surface area contributed by atoms with Crippen molar-refractivity contribution >= 4 is 11.7 Å². The summed E-state index contributed by atoms with van der Waals surface area (Å²) in [5.74, 6) is 1.46. The smallest absolute Gasteiger partial charge is 0.319 e. The van der Waals surface area contributed by atoms with E-state index in [4.69, 9.17) is 9.47 Å². The summed E-state index contributed by atoms with van der Waals surface area (Å²) < 4.78 is 12.6. The Morgan fingerprint density at radius 3 is 2.75 bits per heavy atom. The van der Waals surface area contributed by atoms with E-state index in [-0.39, 0.29) is 18.0 Å². The van der Waals surface area contributed by atoms with Crippen LogP contribution in [0.4, 0.5) is 5.82 Å². The lowest BCUT2D eigenvalue weighted by Gasteiger charge is -2.11. The Morgan fingerprint density at radius 2 is 1.94 bits per heavy atom. The zero-order chi connectivity index (χ0) is 22.5. The highest BCUT2D eigenvalue weighted by Crippen LogP contribution is 2.23. The molecule has 0 radical (unpaired) electrons. The highest BCUT2D eigenvalue weighted by molar-refractivity contribution is 6.04. The minimum Gasteiger partial charge on any atom is -0.467 e. The first kappa shape index (κ1) is 20.9. The standard InChI is InChI=1S/C22H21N7O3/c1-14(2)29-13-24-28-20(29)17-8-5-9-18(25-17)26-21(30)15-6-4-7-16(12-15)32-19-10-11-23-22(27-19)31-3/h4-14H,1-3H3,(H,25,26,30). The van der Waals surface area contributed by atoms with Crippen molar-refractivity contribution < 1.29 is 14.3 Å². The van der Waals surface area contributed by atoms with E-state index in [1.54, 1.807) is 48.8 Å². The second-order valence-electron chi connectivity index (χ2n) is 7.03. The fourth-order valence-corrected chi connectivity index (χ4v) is 2.92. The second-order valence-corrected chi connectivity index (χ2v) is 7.03. The van der Waals surface area contributed by atoms with Crippen molar-refractivity contribution in [1.82, 2.24) is 29.7 Å². The van der Waals surface area contributed by atoms with Crippen LogP contribution in [-0.2, 0) is 0 Å². The SMILES string of the molecule is COc1nccc(Oc2cccc(C(=O)Nc3cccc(-c4nncn4C(C)C)n3)c2)n1. The lowest BCUT2D eigenvalue weighted by Crippen LogP contribution is -2.13. The van der Waals surface area contributed by atoms with Crippen LogP contribution in [-0.4, -0.2) is 42.7 Å². The number of hydrogen-bond acceptors (Lipinski definition) is 8. The first-order chi connectivity index (χ1) is 15.5. The van der Waals surface area contributed by atoms with Gasteiger partial charge in [0.25, 0.3) is 5.91 Å². The minimum atomic E-state index is -0.328. The maximum absolute atomic E-state index is 12.8. The zero-order valence-corrected chi connectivity index (χ0v) is 17.8. The molecule has 0 aliphatic carbocycles. The molecule has 0 aliphatic rings. The van der Waals surface area contributed by atoms with Crippen molar-refractivity contribution in [3.63, 3.8) is 0 Å². The van der Waals surface area contributed by atoms with E-state index < -0.39 is 0 Å². The molecule has 4 aromatic rings. The van der Waals surface area contributed by atoms with Crippen LogP contribution in [0.25, 0.3) is 11.5 Å². The molecule has 0 unspecified atom stereocenters. The normalized spacial score (nSPS) is 10.8. The van der Waals surface area contributed by atoms with Gasteiger partial charge in [-0.15, -0.1) is 10.2 Å². The highest BCUT2D eigenvalue weighted by atomic mass is 16.5. The molecule has 10 heteroatoms. The molecule has 1 N–H and O–H groups in total. The average Bonchev–Trinajstić information content (AvgIpc) is 3.30. The molecule has 1 amide bonds. The molecule has 10 nitrogen and oxygen atoms in total. The van der Waals surface area contributed by atoms with Gasteiger partial charge in [0.1, 0.15) is 23.6 Å². The van der Waals surface area contributed by atoms with Gasteiger partial charge in [-0.3, -0.25) is 4.79 Å². The van der Waals surface area contributed by atoms with Crippen LogP contribution < -0.4 is 14.8 Å². The van der Waals surface area contributed by atoms with Crippen molar-refractivity contribution in [3.8, 4) is 29.2 Å². The molecule has 162 valence electrons. The number of nitrogens with zero attached hydrogens (tertiary/aromatic N) is 6. The monoisotopic (exact) mass is 431 g/mol. The van der Waals surface area contributed by atoms with Crippen LogP contribution in [0, 0.1) is 0 Å². The molecule has 3 heterocycles. The van der Waals surface area contributed by atoms with E-state index in [1.165, 1.54) is 13.3 Å². The topological polar surface area (TPSA) is 117 Å². The molecule has 4 rings (SSSR count). The number of rotatable bonds is 7. The zero-order valence-electron chi connectivity index (χ0n) is 17.8. The van der Waals surface area contributed by atoms with Gasteiger partial charge in [0.15, 0.2) is 5.82 Å². The molecule has 0 fully saturated rings. The van der Waals surface area contributed by atoms with Crippen molar-refractivity contribution in [2.75, 3.05) is 12.4 Å². The Morgan fingerprint density at radius 1 is 1.09 bits per heavy atom. The molecule has 1 aromatic carbocycles. The number of aromatic nitrogens is 6. The first-order valence-electron chi connectivity index (χ1n) is 9.86. The number of pyridine rings is 1. The Labute approximate surface area is 184 Å². The lowest BCUT2D eigenvalue weighted by molar-refractivity contribution is 0.102. The third-order valence-corrected chi connectivity index (χ3v) is 4.46. The molecule has 0 atom stereocenters. The second kappa shape index (κ2) is 9.21. The van der Waals surface area contributed by atoms with Gasteiger partial charge >= 0.3 is 6.01 Å². The van der Waals surface area contributed by atoms with Crippen LogP contribution in [0.5, 0.6) is 17.6 Å². The molecule has 0 spiro atoms. The first-order valence-corrected chi connectivity index (χ1v) is 9.86. The van der Waals surface area contributed by atoms with Gasteiger partial charge in [-0.05, 0) is 44.2 Å². The van der Waals surface area contributed by atoms with Crippen LogP contribution in [0.1, 0.15) is 30.2 Å². The Hall–Kier alpha value is -4.34. The Bertz CT molecular complexity index is 1240. The van der Waals surface area contributed by atoms with E-state index >= 15 is 0 Å². The Balaban J connectivity index is 1.51. The summed E-state index contributed by atoms with van der Waals surface area (Å²) in [7, 11) is 1.47. The van der Waals surface area contributed by atoms with E-state index in [2.05, 4.69) is 30.5 Å². The van der Waals surface area contributed by atoms with Gasteiger partial charge in [0.05, 0.1) is 7.11 Å². The Kier molecular flexibility index (Phi) is 6.02. The number of ether oxygens (including phenoxy) is 2. The number of anilines is 1. The number of nitrogens with one attached hydrogen (secondary N) is 1. The molecule has 0 aliphatic heterocycles. The van der Waals surface area contributed by atoms with E-state index in [9.17, 15) is 4.79 Å². The van der Waals surface area contributed by atoms with Crippen LogP contribution >= 0.6 is 0 Å². The molecule has 0 saturated heterocycles. The van der Waals surface area contributed by atoms with Crippen molar-refractivity contribution in [2.45, 2.75) is 19.9 Å². The van der Waals surface area contributed by atoms with Crippen LogP contribution in [0.2, 0.25) is 0 Å². The van der Waals surface area contributed by atoms with E-state index in [0.29, 0.717) is 34.5 Å². The van der Waals surface area contributed by atoms with E-state index in [1.807, 2.05) is 24.5 Å². The summed E-state index contributed by atoms with van der Waals surface area (Å²) in [6.45, 7) is 4.07.